The van der Waals surface area contributed by atoms with Crippen LogP contribution >= 0.6 is 34.0 Å². The smallest absolute Gasteiger partial charge is 0.135 e. The van der Waals surface area contributed by atoms with Gasteiger partial charge in [-0.25, -0.2) is 0 Å². The highest BCUT2D eigenvalue weighted by molar-refractivity contribution is 7.27. The number of benzene rings is 21. The van der Waals surface area contributed by atoms with Crippen LogP contribution in [0.15, 0.2) is 468 Å². The van der Waals surface area contributed by atoms with Crippen molar-refractivity contribution in [2.45, 2.75) is 57.8 Å². The topological polar surface area (TPSA) is 54.2 Å². The maximum Gasteiger partial charge on any atom is 0.135 e. The Morgan fingerprint density at radius 3 is 0.787 bits per heavy atom. The van der Waals surface area contributed by atoms with Crippen molar-refractivity contribution in [1.82, 2.24) is 13.7 Å². The summed E-state index contributed by atoms with van der Waals surface area (Å²) in [7, 11) is 0. The molecule has 0 saturated heterocycles. The fourth-order valence-electron chi connectivity index (χ4n) is 25.5. The summed E-state index contributed by atoms with van der Waals surface area (Å²) < 4.78 is 34.6. The van der Waals surface area contributed by atoms with Gasteiger partial charge in [-0.15, -0.1) is 34.0 Å². The second kappa shape index (κ2) is 32.6. The first-order valence-corrected chi connectivity index (χ1v) is 54.2. The Morgan fingerprint density at radius 2 is 0.440 bits per heavy atom. The lowest BCUT2D eigenvalue weighted by Gasteiger charge is -2.22. The third-order valence-electron chi connectivity index (χ3n) is 33.0. The van der Waals surface area contributed by atoms with Crippen LogP contribution in [-0.4, -0.2) is 13.7 Å². The summed E-state index contributed by atoms with van der Waals surface area (Å²) >= 11 is 5.77. The van der Waals surface area contributed by atoms with E-state index in [1.807, 2.05) is 70.4 Å². The molecule has 30 aromatic rings. The maximum atomic E-state index is 6.40. The van der Waals surface area contributed by atoms with Crippen molar-refractivity contribution in [1.29, 1.82) is 0 Å². The molecule has 21 aromatic carbocycles. The Hall–Kier alpha value is -17.7. The minimum Gasteiger partial charge on any atom is -0.456 e. The highest BCUT2D eigenvalue weighted by atomic mass is 32.1. The molecule has 0 saturated carbocycles. The zero-order valence-electron chi connectivity index (χ0n) is 83.1. The van der Waals surface area contributed by atoms with Gasteiger partial charge in [0.25, 0.3) is 0 Å². The summed E-state index contributed by atoms with van der Waals surface area (Å²) in [5, 5.41) is 18.8. The predicted molar refractivity (Wildman–Crippen MR) is 636 cm³/mol. The van der Waals surface area contributed by atoms with Crippen LogP contribution in [0.1, 0.15) is 74.9 Å². The standard InChI is InChI=1S/C53H35NOS.C47H31NOS.C41H27NOS/c1-53(2)44-25-24-40-39-13-7-9-15-50(39)56-52(40)51(44)41-23-22-38(31-45(41)53)54-46-26-20-35(34-18-16-33(17-19-34)32-10-4-3-5-11-32)28-42(46)43-29-37(21-27-47(43)54)49-30-36-12-6-8-14-48(36)55-49;1-47(2)38-21-20-34-33-13-7-9-15-44(33)50-46(34)45(38)35-19-18-32(27-39(35)47)48-40-22-16-29(28-10-4-3-5-11-28)24-36(40)37-25-31(17-23-41(37)48)43-26-30-12-6-8-14-42(30)49-43;1-41(2)32-19-18-29-28-11-5-8-14-38(28)44-40(29)39(32)30-17-16-26(23-33(30)41)42-34-12-6-4-10-27(34)31-21-25(15-20-35(31)42)37-22-24-9-3-7-13-36(24)43-37/h3-31H,1-2H3;3-27H,1-2H3;3-23H,1-2H3. The molecular weight excluding hydrogens is 1880 g/mol. The van der Waals surface area contributed by atoms with Crippen LogP contribution < -0.4 is 0 Å². The summed E-state index contributed by atoms with van der Waals surface area (Å²) in [5.41, 5.74) is 40.2. The van der Waals surface area contributed by atoms with E-state index < -0.39 is 0 Å². The zero-order valence-corrected chi connectivity index (χ0v) is 85.5. The molecule has 9 heterocycles. The van der Waals surface area contributed by atoms with Crippen LogP contribution in [0.2, 0.25) is 0 Å². The van der Waals surface area contributed by atoms with E-state index in [1.54, 1.807) is 0 Å². The van der Waals surface area contributed by atoms with Crippen molar-refractivity contribution in [3.63, 3.8) is 0 Å². The predicted octanol–water partition coefficient (Wildman–Crippen LogP) is 40.6. The van der Waals surface area contributed by atoms with Gasteiger partial charge in [0.2, 0.25) is 0 Å². The van der Waals surface area contributed by atoms with Crippen LogP contribution in [0.4, 0.5) is 0 Å². The molecule has 150 heavy (non-hydrogen) atoms. The molecule has 6 nitrogen and oxygen atoms in total. The van der Waals surface area contributed by atoms with Gasteiger partial charge in [0.1, 0.15) is 34.0 Å². The number of hydrogen-bond donors (Lipinski definition) is 0. The van der Waals surface area contributed by atoms with Gasteiger partial charge >= 0.3 is 0 Å². The van der Waals surface area contributed by atoms with Gasteiger partial charge in [0.05, 0.1) is 33.1 Å². The highest BCUT2D eigenvalue weighted by Crippen LogP contribution is 2.60. The molecule has 0 radical (unpaired) electrons. The minimum absolute atomic E-state index is 0.0989. The quantitative estimate of drug-likeness (QED) is 0.145. The SMILES string of the molecule is CC1(C)c2cc(-n3c4ccc(-c5ccc(-c6ccccc6)cc5)cc4c4cc(-c5cc6ccccc6o5)ccc43)ccc2-c2c1ccc1c2sc2ccccc21.CC1(C)c2cc(-n3c4ccc(-c5ccccc5)cc4c4cc(-c5cc6ccccc6o5)ccc43)ccc2-c2c1ccc1c2sc2ccccc21.CC1(C)c2cc(-n3c4ccccc4c4cc(-c5cc6ccccc6o5)ccc43)ccc2-c2c1ccc1c2sc2ccccc21. The molecule has 9 heteroatoms. The number of fused-ring (bicyclic) bond motifs is 33. The van der Waals surface area contributed by atoms with Gasteiger partial charge in [-0.1, -0.05) is 321 Å². The van der Waals surface area contributed by atoms with Crippen LogP contribution in [-0.2, 0) is 16.2 Å². The van der Waals surface area contributed by atoms with E-state index in [-0.39, 0.29) is 16.2 Å². The first-order chi connectivity index (χ1) is 73.6. The minimum atomic E-state index is -0.142. The molecule has 0 bridgehead atoms. The monoisotopic (exact) mass is 1970 g/mol. The zero-order chi connectivity index (χ0) is 99.4. The molecule has 0 fully saturated rings. The Bertz CT molecular complexity index is 10900. The van der Waals surface area contributed by atoms with Crippen LogP contribution in [0, 0.1) is 0 Å². The van der Waals surface area contributed by atoms with Gasteiger partial charge in [0.15, 0.2) is 0 Å². The fraction of sp³-hybridized carbons (Fsp3) is 0.0638. The van der Waals surface area contributed by atoms with Gasteiger partial charge in [-0.2, -0.15) is 0 Å². The van der Waals surface area contributed by atoms with Crippen LogP contribution in [0.5, 0.6) is 0 Å². The van der Waals surface area contributed by atoms with Crippen molar-refractivity contribution in [3.05, 3.63) is 488 Å². The van der Waals surface area contributed by atoms with Crippen molar-refractivity contribution >= 4 is 193 Å². The molecule has 0 spiro atoms. The number of hydrogen-bond acceptors (Lipinski definition) is 6. The van der Waals surface area contributed by atoms with Crippen molar-refractivity contribution < 1.29 is 13.3 Å². The van der Waals surface area contributed by atoms with Crippen molar-refractivity contribution in [3.8, 4) is 118 Å². The summed E-state index contributed by atoms with van der Waals surface area (Å²) in [6, 6.07) is 166. The Morgan fingerprint density at radius 1 is 0.180 bits per heavy atom. The van der Waals surface area contributed by atoms with E-state index in [9.17, 15) is 0 Å². The van der Waals surface area contributed by atoms with Gasteiger partial charge in [0, 0.05) is 176 Å². The molecular formula is C141H93N3O3S3. The number of nitrogens with zero attached hydrogens (tertiary/aromatic N) is 3. The van der Waals surface area contributed by atoms with Crippen molar-refractivity contribution in [2.24, 2.45) is 0 Å². The normalized spacial score (nSPS) is 13.6. The Labute approximate surface area is 876 Å². The molecule has 0 N–H and O–H groups in total. The Kier molecular flexibility index (Phi) is 18.8. The molecule has 3 aliphatic rings. The summed E-state index contributed by atoms with van der Waals surface area (Å²) in [5.74, 6) is 2.67. The average molecular weight is 1970 g/mol. The van der Waals surface area contributed by atoms with Crippen molar-refractivity contribution in [2.75, 3.05) is 0 Å². The van der Waals surface area contributed by atoms with E-state index in [0.717, 1.165) is 66.9 Å². The third kappa shape index (κ3) is 13.1. The molecule has 33 rings (SSSR count). The molecule has 3 aliphatic carbocycles. The van der Waals surface area contributed by atoms with E-state index in [2.05, 4.69) is 474 Å². The lowest BCUT2D eigenvalue weighted by Crippen LogP contribution is -2.15. The van der Waals surface area contributed by atoms with Crippen LogP contribution in [0.25, 0.3) is 277 Å². The molecule has 0 unspecified atom stereocenters. The summed E-state index contributed by atoms with van der Waals surface area (Å²) in [6.07, 6.45) is 0. The van der Waals surface area contributed by atoms with E-state index >= 15 is 0 Å². The van der Waals surface area contributed by atoms with Gasteiger partial charge in [-0.05, 0) is 259 Å². The third-order valence-corrected chi connectivity index (χ3v) is 36.7. The molecule has 0 aliphatic heterocycles. The Balaban J connectivity index is 0.000000102. The number of aromatic nitrogens is 3. The average Bonchev–Trinajstić information content (AvgIpc) is 1.55. The summed E-state index contributed by atoms with van der Waals surface area (Å²) in [6.45, 7) is 14.3. The molecule has 708 valence electrons. The molecule has 9 aromatic heterocycles. The highest BCUT2D eigenvalue weighted by Gasteiger charge is 2.42. The van der Waals surface area contributed by atoms with E-state index in [0.29, 0.717) is 0 Å². The van der Waals surface area contributed by atoms with Crippen LogP contribution in [0.3, 0.4) is 0 Å². The largest absolute Gasteiger partial charge is 0.456 e. The maximum absolute atomic E-state index is 6.40. The lowest BCUT2D eigenvalue weighted by atomic mass is 9.82. The lowest BCUT2D eigenvalue weighted by molar-refractivity contribution is 0.631. The summed E-state index contributed by atoms with van der Waals surface area (Å²) in [4.78, 5) is 0. The van der Waals surface area contributed by atoms with E-state index in [1.165, 1.54) is 243 Å². The number of para-hydroxylation sites is 4. The van der Waals surface area contributed by atoms with E-state index in [4.69, 9.17) is 13.3 Å². The number of furan rings is 3. The molecule has 0 amide bonds. The first-order valence-electron chi connectivity index (χ1n) is 51.8. The fourth-order valence-corrected chi connectivity index (χ4v) is 29.3. The van der Waals surface area contributed by atoms with Gasteiger partial charge in [-0.3, -0.25) is 0 Å². The second-order valence-electron chi connectivity index (χ2n) is 42.4. The number of rotatable bonds is 9. The number of thiophene rings is 3. The second-order valence-corrected chi connectivity index (χ2v) is 45.5. The molecule has 0 atom stereocenters. The van der Waals surface area contributed by atoms with Gasteiger partial charge < -0.3 is 27.0 Å². The first kappa shape index (κ1) is 86.6.